The van der Waals surface area contributed by atoms with Gasteiger partial charge in [-0.25, -0.2) is 4.98 Å². The van der Waals surface area contributed by atoms with Crippen LogP contribution >= 0.6 is 0 Å². The molecule has 0 bridgehead atoms. The lowest BCUT2D eigenvalue weighted by Gasteiger charge is -2.15. The number of amides is 1. The van der Waals surface area contributed by atoms with Crippen LogP contribution in [0, 0.1) is 6.92 Å². The summed E-state index contributed by atoms with van der Waals surface area (Å²) in [6.45, 7) is 4.32. The summed E-state index contributed by atoms with van der Waals surface area (Å²) in [7, 11) is 0. The Bertz CT molecular complexity index is 832. The zero-order valence-corrected chi connectivity index (χ0v) is 13.6. The fraction of sp³-hybridized carbons (Fsp3) is 0.294. The van der Waals surface area contributed by atoms with Crippen LogP contribution in [0.25, 0.3) is 10.9 Å². The molecule has 0 spiro atoms. The molecule has 2 heterocycles. The van der Waals surface area contributed by atoms with Crippen LogP contribution in [0.4, 0.5) is 0 Å². The highest BCUT2D eigenvalue weighted by Gasteiger charge is 2.11. The number of aromatic nitrogens is 4. The highest BCUT2D eigenvalue weighted by molar-refractivity contribution is 5.86. The first kappa shape index (κ1) is 15.9. The molecule has 1 N–H and O–H groups in total. The molecule has 1 aromatic carbocycles. The second-order valence-electron chi connectivity index (χ2n) is 5.65. The van der Waals surface area contributed by atoms with Gasteiger partial charge in [0.15, 0.2) is 6.61 Å². The van der Waals surface area contributed by atoms with E-state index in [1.807, 2.05) is 44.2 Å². The molecule has 3 rings (SSSR count). The Labute approximate surface area is 139 Å². The summed E-state index contributed by atoms with van der Waals surface area (Å²) in [5.41, 5.74) is 1.70. The van der Waals surface area contributed by atoms with E-state index in [0.29, 0.717) is 12.3 Å². The van der Waals surface area contributed by atoms with Crippen LogP contribution in [0.15, 0.2) is 43.0 Å². The van der Waals surface area contributed by atoms with E-state index in [-0.39, 0.29) is 18.6 Å². The number of pyridine rings is 1. The monoisotopic (exact) mass is 325 g/mol. The van der Waals surface area contributed by atoms with Crippen LogP contribution in [0.5, 0.6) is 5.75 Å². The van der Waals surface area contributed by atoms with Crippen LogP contribution < -0.4 is 10.1 Å². The number of benzene rings is 1. The van der Waals surface area contributed by atoms with Crippen molar-refractivity contribution in [2.45, 2.75) is 26.4 Å². The quantitative estimate of drug-likeness (QED) is 0.746. The molecule has 0 aliphatic heterocycles. The van der Waals surface area contributed by atoms with Crippen molar-refractivity contribution in [1.82, 2.24) is 25.1 Å². The van der Waals surface area contributed by atoms with E-state index in [1.165, 1.54) is 6.33 Å². The Kier molecular flexibility index (Phi) is 4.69. The number of aryl methyl sites for hydroxylation is 1. The van der Waals surface area contributed by atoms with Gasteiger partial charge in [0.05, 0.1) is 12.1 Å². The van der Waals surface area contributed by atoms with Gasteiger partial charge in [0, 0.05) is 23.2 Å². The lowest BCUT2D eigenvalue weighted by Crippen LogP contribution is -2.38. The van der Waals surface area contributed by atoms with Gasteiger partial charge in [-0.2, -0.15) is 5.10 Å². The number of hydrogen-bond donors (Lipinski definition) is 1. The molecule has 1 unspecified atom stereocenters. The molecule has 124 valence electrons. The molecule has 0 fully saturated rings. The minimum absolute atomic E-state index is 0.0465. The van der Waals surface area contributed by atoms with Gasteiger partial charge in [-0.15, -0.1) is 0 Å². The zero-order chi connectivity index (χ0) is 16.9. The molecule has 1 atom stereocenters. The molecule has 3 aromatic rings. The molecule has 0 saturated carbocycles. The maximum Gasteiger partial charge on any atom is 0.258 e. The largest absolute Gasteiger partial charge is 0.483 e. The molecule has 0 aliphatic carbocycles. The van der Waals surface area contributed by atoms with Crippen molar-refractivity contribution in [2.24, 2.45) is 0 Å². The van der Waals surface area contributed by atoms with Crippen molar-refractivity contribution < 1.29 is 9.53 Å². The van der Waals surface area contributed by atoms with E-state index in [1.54, 1.807) is 11.0 Å². The van der Waals surface area contributed by atoms with E-state index in [2.05, 4.69) is 20.4 Å². The zero-order valence-electron chi connectivity index (χ0n) is 13.6. The molecule has 7 nitrogen and oxygen atoms in total. The maximum atomic E-state index is 12.1. The maximum absolute atomic E-state index is 12.1. The SMILES string of the molecule is Cc1cc(OCC(=O)NC(C)Cn2cncn2)c2ccccc2n1. The predicted molar refractivity (Wildman–Crippen MR) is 89.6 cm³/mol. The first-order valence-corrected chi connectivity index (χ1v) is 7.73. The fourth-order valence-corrected chi connectivity index (χ4v) is 2.50. The average molecular weight is 325 g/mol. The first-order chi connectivity index (χ1) is 11.6. The number of carbonyl (C=O) groups is 1. The normalized spacial score (nSPS) is 12.1. The molecule has 0 radical (unpaired) electrons. The Morgan fingerprint density at radius 2 is 2.21 bits per heavy atom. The van der Waals surface area contributed by atoms with Gasteiger partial charge >= 0.3 is 0 Å². The summed E-state index contributed by atoms with van der Waals surface area (Å²) < 4.78 is 7.38. The number of rotatable bonds is 6. The lowest BCUT2D eigenvalue weighted by molar-refractivity contribution is -0.123. The molecule has 0 saturated heterocycles. The van der Waals surface area contributed by atoms with Gasteiger partial charge in [-0.3, -0.25) is 14.5 Å². The van der Waals surface area contributed by atoms with Gasteiger partial charge < -0.3 is 10.1 Å². The van der Waals surface area contributed by atoms with E-state index < -0.39 is 0 Å². The number of carbonyl (C=O) groups excluding carboxylic acids is 1. The van der Waals surface area contributed by atoms with Crippen molar-refractivity contribution in [1.29, 1.82) is 0 Å². The Morgan fingerprint density at radius 3 is 3.00 bits per heavy atom. The van der Waals surface area contributed by atoms with Crippen LogP contribution in [0.2, 0.25) is 0 Å². The summed E-state index contributed by atoms with van der Waals surface area (Å²) in [4.78, 5) is 20.4. The third-order valence-corrected chi connectivity index (χ3v) is 3.50. The van der Waals surface area contributed by atoms with Crippen molar-refractivity contribution in [3.8, 4) is 5.75 Å². The van der Waals surface area contributed by atoms with Crippen molar-refractivity contribution in [2.75, 3.05) is 6.61 Å². The third kappa shape index (κ3) is 3.87. The second kappa shape index (κ2) is 7.08. The van der Waals surface area contributed by atoms with Crippen molar-refractivity contribution in [3.05, 3.63) is 48.7 Å². The molecule has 2 aromatic heterocycles. The molecular formula is C17H19N5O2. The standard InChI is InChI=1S/C17H19N5O2/c1-12-7-16(14-5-3-4-6-15(14)20-12)24-9-17(23)21-13(2)8-22-11-18-10-19-22/h3-7,10-11,13H,8-9H2,1-2H3,(H,21,23). The Hall–Kier alpha value is -2.96. The van der Waals surface area contributed by atoms with E-state index in [0.717, 1.165) is 16.6 Å². The second-order valence-corrected chi connectivity index (χ2v) is 5.65. The van der Waals surface area contributed by atoms with Gasteiger partial charge in [-0.05, 0) is 26.0 Å². The molecule has 7 heteroatoms. The number of fused-ring (bicyclic) bond motifs is 1. The summed E-state index contributed by atoms with van der Waals surface area (Å²) in [5, 5.41) is 7.79. The third-order valence-electron chi connectivity index (χ3n) is 3.50. The smallest absolute Gasteiger partial charge is 0.258 e. The fourth-order valence-electron chi connectivity index (χ4n) is 2.50. The minimum atomic E-state index is -0.179. The van der Waals surface area contributed by atoms with Gasteiger partial charge in [0.2, 0.25) is 0 Å². The molecule has 1 amide bonds. The van der Waals surface area contributed by atoms with Gasteiger partial charge in [0.25, 0.3) is 5.91 Å². The van der Waals surface area contributed by atoms with E-state index >= 15 is 0 Å². The Balaban J connectivity index is 1.60. The topological polar surface area (TPSA) is 81.9 Å². The van der Waals surface area contributed by atoms with Crippen molar-refractivity contribution in [3.63, 3.8) is 0 Å². The number of hydrogen-bond acceptors (Lipinski definition) is 5. The summed E-state index contributed by atoms with van der Waals surface area (Å²) in [6.07, 6.45) is 3.08. The molecule has 0 aliphatic rings. The number of nitrogens with zero attached hydrogens (tertiary/aromatic N) is 4. The van der Waals surface area contributed by atoms with Crippen molar-refractivity contribution >= 4 is 16.8 Å². The minimum Gasteiger partial charge on any atom is -0.483 e. The average Bonchev–Trinajstić information content (AvgIpc) is 3.05. The highest BCUT2D eigenvalue weighted by Crippen LogP contribution is 2.24. The summed E-state index contributed by atoms with van der Waals surface area (Å²) in [5.74, 6) is 0.485. The van der Waals surface area contributed by atoms with Crippen LogP contribution in [-0.4, -0.2) is 38.3 Å². The lowest BCUT2D eigenvalue weighted by atomic mass is 10.2. The number of para-hydroxylation sites is 1. The number of ether oxygens (including phenoxy) is 1. The van der Waals surface area contributed by atoms with Crippen LogP contribution in [0.3, 0.4) is 0 Å². The van der Waals surface area contributed by atoms with E-state index in [9.17, 15) is 4.79 Å². The summed E-state index contributed by atoms with van der Waals surface area (Å²) >= 11 is 0. The number of nitrogens with one attached hydrogen (secondary N) is 1. The van der Waals surface area contributed by atoms with Gasteiger partial charge in [0.1, 0.15) is 18.4 Å². The predicted octanol–water partition coefficient (Wildman–Crippen LogP) is 1.72. The highest BCUT2D eigenvalue weighted by atomic mass is 16.5. The summed E-state index contributed by atoms with van der Waals surface area (Å²) in [6, 6.07) is 9.48. The Morgan fingerprint density at radius 1 is 1.38 bits per heavy atom. The van der Waals surface area contributed by atoms with Crippen LogP contribution in [0.1, 0.15) is 12.6 Å². The van der Waals surface area contributed by atoms with E-state index in [4.69, 9.17) is 4.74 Å². The first-order valence-electron chi connectivity index (χ1n) is 7.73. The molecular weight excluding hydrogens is 306 g/mol. The molecule has 24 heavy (non-hydrogen) atoms. The van der Waals surface area contributed by atoms with Crippen LogP contribution in [-0.2, 0) is 11.3 Å². The van der Waals surface area contributed by atoms with Gasteiger partial charge in [-0.1, -0.05) is 12.1 Å².